The van der Waals surface area contributed by atoms with Crippen LogP contribution in [0.25, 0.3) is 0 Å². The zero-order valence-electron chi connectivity index (χ0n) is 9.29. The van der Waals surface area contributed by atoms with Crippen molar-refractivity contribution in [3.05, 3.63) is 29.3 Å². The van der Waals surface area contributed by atoms with Crippen LogP contribution >= 0.6 is 0 Å². The molecule has 1 atom stereocenters. The molecule has 1 saturated heterocycles. The number of para-hydroxylation sites is 1. The van der Waals surface area contributed by atoms with Crippen LogP contribution in [0.5, 0.6) is 0 Å². The number of hydrogen-bond acceptors (Lipinski definition) is 2. The van der Waals surface area contributed by atoms with Crippen molar-refractivity contribution in [2.45, 2.75) is 25.8 Å². The third-order valence-electron chi connectivity index (χ3n) is 3.64. The van der Waals surface area contributed by atoms with Crippen molar-refractivity contribution < 1.29 is 0 Å². The molecule has 0 spiro atoms. The summed E-state index contributed by atoms with van der Waals surface area (Å²) >= 11 is 0. The van der Waals surface area contributed by atoms with Crippen LogP contribution in [0.4, 0.5) is 5.69 Å². The third-order valence-corrected chi connectivity index (χ3v) is 3.64. The highest BCUT2D eigenvalue weighted by Gasteiger charge is 2.30. The van der Waals surface area contributed by atoms with Gasteiger partial charge in [-0.1, -0.05) is 18.2 Å². The molecular weight excluding hydrogens is 184 g/mol. The Kier molecular flexibility index (Phi) is 2.17. The summed E-state index contributed by atoms with van der Waals surface area (Å²) < 4.78 is 0. The number of hydrogen-bond donors (Lipinski definition) is 1. The minimum atomic E-state index is 0.698. The van der Waals surface area contributed by atoms with E-state index in [0.717, 1.165) is 6.54 Å². The highest BCUT2D eigenvalue weighted by molar-refractivity contribution is 5.64. The average Bonchev–Trinajstić information content (AvgIpc) is 2.43. The second-order valence-electron chi connectivity index (χ2n) is 4.69. The van der Waals surface area contributed by atoms with Crippen LogP contribution in [0.15, 0.2) is 18.2 Å². The maximum atomic E-state index is 3.53. The molecule has 1 unspecified atom stereocenters. The van der Waals surface area contributed by atoms with Crippen molar-refractivity contribution in [3.63, 3.8) is 0 Å². The van der Waals surface area contributed by atoms with Crippen molar-refractivity contribution in [2.75, 3.05) is 24.5 Å². The average molecular weight is 202 g/mol. The van der Waals surface area contributed by atoms with Gasteiger partial charge in [0.05, 0.1) is 0 Å². The third kappa shape index (κ3) is 1.44. The van der Waals surface area contributed by atoms with Crippen LogP contribution < -0.4 is 10.2 Å². The first-order valence-corrected chi connectivity index (χ1v) is 5.92. The molecule has 15 heavy (non-hydrogen) atoms. The Morgan fingerprint density at radius 3 is 3.27 bits per heavy atom. The molecule has 2 aliphatic rings. The first kappa shape index (κ1) is 9.22. The molecule has 3 rings (SSSR count). The van der Waals surface area contributed by atoms with Gasteiger partial charge in [-0.25, -0.2) is 0 Å². The molecule has 1 N–H and O–H groups in total. The van der Waals surface area contributed by atoms with E-state index in [1.165, 1.54) is 37.2 Å². The number of anilines is 1. The Morgan fingerprint density at radius 1 is 1.40 bits per heavy atom. The lowest BCUT2D eigenvalue weighted by molar-refractivity contribution is 0.613. The molecule has 0 aromatic heterocycles. The highest BCUT2D eigenvalue weighted by Crippen LogP contribution is 2.35. The summed E-state index contributed by atoms with van der Waals surface area (Å²) in [5.74, 6) is 0. The summed E-state index contributed by atoms with van der Waals surface area (Å²) in [4.78, 5) is 2.62. The summed E-state index contributed by atoms with van der Waals surface area (Å²) in [6, 6.07) is 7.41. The van der Waals surface area contributed by atoms with Gasteiger partial charge in [0.25, 0.3) is 0 Å². The van der Waals surface area contributed by atoms with Crippen LogP contribution in [0.3, 0.4) is 0 Å². The number of rotatable bonds is 0. The van der Waals surface area contributed by atoms with Gasteiger partial charge in [-0.2, -0.15) is 0 Å². The van der Waals surface area contributed by atoms with E-state index in [2.05, 4.69) is 35.3 Å². The van der Waals surface area contributed by atoms with E-state index in [1.54, 1.807) is 5.56 Å². The van der Waals surface area contributed by atoms with Gasteiger partial charge in [-0.05, 0) is 37.4 Å². The summed E-state index contributed by atoms with van der Waals surface area (Å²) in [5, 5.41) is 3.53. The van der Waals surface area contributed by atoms with E-state index >= 15 is 0 Å². The topological polar surface area (TPSA) is 15.3 Å². The quantitative estimate of drug-likeness (QED) is 0.689. The van der Waals surface area contributed by atoms with Crippen molar-refractivity contribution in [2.24, 2.45) is 0 Å². The molecule has 80 valence electrons. The predicted molar refractivity (Wildman–Crippen MR) is 63.5 cm³/mol. The van der Waals surface area contributed by atoms with Crippen LogP contribution in [-0.2, 0) is 6.42 Å². The van der Waals surface area contributed by atoms with E-state index in [0.29, 0.717) is 6.04 Å². The normalized spacial score (nSPS) is 24.6. The Balaban J connectivity index is 2.02. The van der Waals surface area contributed by atoms with Crippen LogP contribution in [0.2, 0.25) is 0 Å². The smallest absolute Gasteiger partial charge is 0.0455 e. The van der Waals surface area contributed by atoms with Crippen molar-refractivity contribution >= 4 is 5.69 Å². The second kappa shape index (κ2) is 3.53. The van der Waals surface area contributed by atoms with Crippen LogP contribution in [0, 0.1) is 6.92 Å². The minimum Gasteiger partial charge on any atom is -0.366 e. The molecule has 2 aliphatic heterocycles. The molecule has 2 heteroatoms. The zero-order valence-corrected chi connectivity index (χ0v) is 9.29. The van der Waals surface area contributed by atoms with Crippen molar-refractivity contribution in [1.82, 2.24) is 5.32 Å². The monoisotopic (exact) mass is 202 g/mol. The van der Waals surface area contributed by atoms with Gasteiger partial charge in [-0.3, -0.25) is 0 Å². The Morgan fingerprint density at radius 2 is 2.33 bits per heavy atom. The summed E-state index contributed by atoms with van der Waals surface area (Å²) in [5.41, 5.74) is 4.51. The molecule has 1 fully saturated rings. The molecular formula is C13H18N2. The van der Waals surface area contributed by atoms with E-state index in [9.17, 15) is 0 Å². The Labute approximate surface area is 91.3 Å². The lowest BCUT2D eigenvalue weighted by Crippen LogP contribution is -2.37. The molecule has 2 heterocycles. The maximum absolute atomic E-state index is 3.53. The summed E-state index contributed by atoms with van der Waals surface area (Å²) in [7, 11) is 0. The molecule has 2 nitrogen and oxygen atoms in total. The number of benzene rings is 1. The van der Waals surface area contributed by atoms with Gasteiger partial charge < -0.3 is 10.2 Å². The number of nitrogens with zero attached hydrogens (tertiary/aromatic N) is 1. The van der Waals surface area contributed by atoms with E-state index in [1.807, 2.05) is 0 Å². The van der Waals surface area contributed by atoms with Gasteiger partial charge in [-0.15, -0.1) is 0 Å². The fraction of sp³-hybridized carbons (Fsp3) is 0.538. The summed E-state index contributed by atoms with van der Waals surface area (Å²) in [6.07, 6.45) is 2.49. The minimum absolute atomic E-state index is 0.698. The van der Waals surface area contributed by atoms with E-state index in [4.69, 9.17) is 0 Å². The molecule has 1 aromatic carbocycles. The van der Waals surface area contributed by atoms with Crippen LogP contribution in [0.1, 0.15) is 17.5 Å². The van der Waals surface area contributed by atoms with Gasteiger partial charge in [0.1, 0.15) is 0 Å². The molecule has 0 aliphatic carbocycles. The number of fused-ring (bicyclic) bond motifs is 3. The van der Waals surface area contributed by atoms with Crippen LogP contribution in [-0.4, -0.2) is 25.7 Å². The Hall–Kier alpha value is -1.02. The van der Waals surface area contributed by atoms with Gasteiger partial charge in [0.15, 0.2) is 0 Å². The first-order valence-electron chi connectivity index (χ1n) is 5.92. The largest absolute Gasteiger partial charge is 0.366 e. The lowest BCUT2D eigenvalue weighted by Gasteiger charge is -2.25. The zero-order chi connectivity index (χ0) is 10.3. The van der Waals surface area contributed by atoms with E-state index < -0.39 is 0 Å². The first-order chi connectivity index (χ1) is 7.36. The standard InChI is InChI=1S/C13H18N2/c1-10-4-2-5-11-8-12-9-14-6-3-7-15(12)13(10)11/h2,4-5,12,14H,3,6-9H2,1H3. The van der Waals surface area contributed by atoms with Gasteiger partial charge >= 0.3 is 0 Å². The number of aryl methyl sites for hydroxylation is 1. The molecule has 0 bridgehead atoms. The lowest BCUT2D eigenvalue weighted by atomic mass is 10.1. The van der Waals surface area contributed by atoms with Gasteiger partial charge in [0, 0.05) is 24.8 Å². The molecule has 0 saturated carbocycles. The van der Waals surface area contributed by atoms with Crippen molar-refractivity contribution in [3.8, 4) is 0 Å². The summed E-state index contributed by atoms with van der Waals surface area (Å²) in [6.45, 7) is 5.78. The molecule has 1 aromatic rings. The fourth-order valence-corrected chi connectivity index (χ4v) is 2.96. The van der Waals surface area contributed by atoms with Gasteiger partial charge in [0.2, 0.25) is 0 Å². The highest BCUT2D eigenvalue weighted by atomic mass is 15.2. The molecule has 0 radical (unpaired) electrons. The Bertz CT molecular complexity index is 373. The van der Waals surface area contributed by atoms with E-state index in [-0.39, 0.29) is 0 Å². The number of nitrogens with one attached hydrogen (secondary N) is 1. The predicted octanol–water partition coefficient (Wildman–Crippen LogP) is 1.72. The maximum Gasteiger partial charge on any atom is 0.0455 e. The fourth-order valence-electron chi connectivity index (χ4n) is 2.96. The van der Waals surface area contributed by atoms with Crippen molar-refractivity contribution in [1.29, 1.82) is 0 Å². The second-order valence-corrected chi connectivity index (χ2v) is 4.69. The SMILES string of the molecule is Cc1cccc2c1N1CCCNCC1C2. The molecule has 0 amide bonds.